The second-order valence-corrected chi connectivity index (χ2v) is 21.1. The summed E-state index contributed by atoms with van der Waals surface area (Å²) in [5.74, 6) is -4.33. The van der Waals surface area contributed by atoms with Gasteiger partial charge in [-0.25, -0.2) is 4.79 Å². The number of likely N-dealkylation sites (tertiary alicyclic amines) is 1. The predicted octanol–water partition coefficient (Wildman–Crippen LogP) is 12.6. The molecule has 1 fully saturated rings. The van der Waals surface area contributed by atoms with Gasteiger partial charge in [0.25, 0.3) is 0 Å². The Hall–Kier alpha value is -4.76. The Morgan fingerprint density at radius 3 is 1.30 bits per heavy atom. The number of Topliss-reactive ketones (excluding diaryl/α,β-unsaturated/α-hetero) is 1. The van der Waals surface area contributed by atoms with Crippen molar-refractivity contribution >= 4 is 47.4 Å². The fourth-order valence-corrected chi connectivity index (χ4v) is 9.22. The molecule has 16 heteroatoms. The molecule has 76 heavy (non-hydrogen) atoms. The van der Waals surface area contributed by atoms with Gasteiger partial charge in [-0.3, -0.25) is 33.8 Å². The maximum absolute atomic E-state index is 14.1. The fourth-order valence-electron chi connectivity index (χ4n) is 9.22. The molecule has 0 N–H and O–H groups in total. The fraction of sp³-hybridized carbons (Fsp3) is 0.800. The van der Waals surface area contributed by atoms with Crippen molar-refractivity contribution in [2.75, 3.05) is 64.6 Å². The van der Waals surface area contributed by atoms with Crippen molar-refractivity contribution < 1.29 is 62.0 Å². The van der Waals surface area contributed by atoms with Gasteiger partial charge in [0.05, 0.1) is 45.9 Å². The van der Waals surface area contributed by atoms with Gasteiger partial charge >= 0.3 is 35.9 Å². The summed E-state index contributed by atoms with van der Waals surface area (Å²) in [5.41, 5.74) is 0.898. The molecule has 0 bridgehead atoms. The Balaban J connectivity index is 2.22. The van der Waals surface area contributed by atoms with Crippen LogP contribution < -0.4 is 4.90 Å². The van der Waals surface area contributed by atoms with Crippen LogP contribution in [0.25, 0.3) is 0 Å². The minimum atomic E-state index is -0.904. The monoisotopic (exact) mass is 1070 g/mol. The third-order valence-corrected chi connectivity index (χ3v) is 14.0. The number of anilines is 1. The summed E-state index contributed by atoms with van der Waals surface area (Å²) in [6.07, 6.45) is 26.7. The number of nitrogens with zero attached hydrogens (tertiary/aromatic N) is 3. The molecule has 1 aromatic heterocycles. The molecule has 2 heterocycles. The van der Waals surface area contributed by atoms with Crippen molar-refractivity contribution in [1.29, 1.82) is 0 Å². The Kier molecular flexibility index (Phi) is 39.2. The number of ether oxygens (including phenoxy) is 6. The third kappa shape index (κ3) is 34.1. The molecular weight excluding hydrogens is 971 g/mol. The minimum absolute atomic E-state index is 0.0383. The molecule has 0 aromatic carbocycles. The van der Waals surface area contributed by atoms with E-state index < -0.39 is 35.9 Å². The molecule has 1 amide bonds. The molecule has 2 rings (SSSR count). The molecule has 0 saturated carbocycles. The first-order valence-electron chi connectivity index (χ1n) is 29.7. The number of unbranched alkanes of at least 4 members (excludes halogenated alkanes) is 20. The first-order chi connectivity index (χ1) is 36.9. The van der Waals surface area contributed by atoms with E-state index in [9.17, 15) is 33.6 Å². The van der Waals surface area contributed by atoms with E-state index in [0.29, 0.717) is 32.2 Å². The zero-order chi connectivity index (χ0) is 55.4. The Morgan fingerprint density at radius 1 is 0.513 bits per heavy atom. The lowest BCUT2D eigenvalue weighted by atomic mass is 9.94. The maximum atomic E-state index is 14.1. The highest BCUT2D eigenvalue weighted by atomic mass is 16.6. The molecule has 1 aliphatic heterocycles. The lowest BCUT2D eigenvalue weighted by Crippen LogP contribution is -2.33. The Bertz CT molecular complexity index is 1580. The summed E-state index contributed by atoms with van der Waals surface area (Å²) >= 11 is 0. The zero-order valence-electron chi connectivity index (χ0n) is 47.8. The van der Waals surface area contributed by atoms with E-state index in [0.717, 1.165) is 134 Å². The van der Waals surface area contributed by atoms with Gasteiger partial charge in [0.1, 0.15) is 18.5 Å². The van der Waals surface area contributed by atoms with E-state index in [-0.39, 0.29) is 121 Å². The van der Waals surface area contributed by atoms with Gasteiger partial charge in [0.15, 0.2) is 0 Å². The average Bonchev–Trinajstić information content (AvgIpc) is 3.80. The number of rotatable bonds is 47. The van der Waals surface area contributed by atoms with E-state index in [2.05, 4.69) is 32.7 Å². The SMILES string of the molecule is CCCCCCCCC(=O)OCC(COC(=O)CCCCCCCC)CC(=O)C[C@H]1CN(C(=O)OCCN(C)c2ccncc2)C[C@@H]1OC(=O)CC(COC(=O)CCCCCCCC)COC(=O)CCCCCCCC. The number of hydrogen-bond acceptors (Lipinski definition) is 15. The van der Waals surface area contributed by atoms with Crippen LogP contribution in [0, 0.1) is 17.8 Å². The molecule has 1 saturated heterocycles. The first kappa shape index (κ1) is 67.3. The topological polar surface area (TPSA) is 194 Å². The van der Waals surface area contributed by atoms with Crippen molar-refractivity contribution in [2.24, 2.45) is 17.8 Å². The summed E-state index contributed by atoms with van der Waals surface area (Å²) in [6, 6.07) is 3.69. The summed E-state index contributed by atoms with van der Waals surface area (Å²) in [6.45, 7) is 8.59. The molecular formula is C60H101N3O13. The lowest BCUT2D eigenvalue weighted by molar-refractivity contribution is -0.158. The van der Waals surface area contributed by atoms with E-state index in [1.165, 1.54) is 4.90 Å². The average molecular weight is 1070 g/mol. The van der Waals surface area contributed by atoms with Gasteiger partial charge in [0, 0.05) is 88.0 Å². The van der Waals surface area contributed by atoms with E-state index >= 15 is 0 Å². The van der Waals surface area contributed by atoms with Gasteiger partial charge < -0.3 is 38.2 Å². The lowest BCUT2D eigenvalue weighted by Gasteiger charge is -2.22. The van der Waals surface area contributed by atoms with Crippen LogP contribution in [0.15, 0.2) is 24.5 Å². The van der Waals surface area contributed by atoms with Crippen molar-refractivity contribution in [3.8, 4) is 0 Å². The van der Waals surface area contributed by atoms with Crippen molar-refractivity contribution in [3.63, 3.8) is 0 Å². The second kappa shape index (κ2) is 44.2. The van der Waals surface area contributed by atoms with Crippen molar-refractivity contribution in [2.45, 2.75) is 233 Å². The largest absolute Gasteiger partial charge is 0.465 e. The standard InChI is InChI=1S/C60H101N3O13/c1-6-10-14-18-22-26-30-55(65)72-45-49(46-73-56(66)31-27-23-19-15-11-7-2)40-53(64)42-51-43-63(60(70)71-39-38-62(5)52-34-36-61-37-35-52)44-54(51)76-59(69)41-50(47-74-57(67)32-28-24-20-16-12-8-3)48-75-58(68)33-29-25-21-17-13-9-4/h34-37,49-51,54H,6-33,38-48H2,1-5H3/t51-,54-/m0/s1. The van der Waals surface area contributed by atoms with E-state index in [4.69, 9.17) is 28.4 Å². The third-order valence-electron chi connectivity index (χ3n) is 14.0. The van der Waals surface area contributed by atoms with Gasteiger partial charge in [0.2, 0.25) is 0 Å². The number of carbonyl (C=O) groups is 7. The highest BCUT2D eigenvalue weighted by Gasteiger charge is 2.40. The molecule has 0 unspecified atom stereocenters. The van der Waals surface area contributed by atoms with Gasteiger partial charge in [-0.05, 0) is 37.8 Å². The number of ketones is 1. The number of esters is 5. The van der Waals surface area contributed by atoms with Gasteiger partial charge in [-0.15, -0.1) is 0 Å². The number of carbonyl (C=O) groups excluding carboxylic acids is 7. The second-order valence-electron chi connectivity index (χ2n) is 21.1. The molecule has 0 aliphatic carbocycles. The smallest absolute Gasteiger partial charge is 0.409 e. The molecule has 1 aromatic rings. The summed E-state index contributed by atoms with van der Waals surface area (Å²) in [4.78, 5) is 100. The number of likely N-dealkylation sites (N-methyl/N-ethyl adjacent to an activating group) is 1. The van der Waals surface area contributed by atoms with Gasteiger partial charge in [-0.2, -0.15) is 0 Å². The summed E-state index contributed by atoms with van der Waals surface area (Å²) < 4.78 is 34.4. The first-order valence-corrected chi connectivity index (χ1v) is 29.7. The van der Waals surface area contributed by atoms with E-state index in [1.807, 2.05) is 24.1 Å². The maximum Gasteiger partial charge on any atom is 0.409 e. The molecule has 1 aliphatic rings. The predicted molar refractivity (Wildman–Crippen MR) is 295 cm³/mol. The summed E-state index contributed by atoms with van der Waals surface area (Å²) in [7, 11) is 1.87. The highest BCUT2D eigenvalue weighted by molar-refractivity contribution is 5.80. The number of aromatic nitrogens is 1. The zero-order valence-corrected chi connectivity index (χ0v) is 47.8. The minimum Gasteiger partial charge on any atom is -0.465 e. The quantitative estimate of drug-likeness (QED) is 0.0339. The van der Waals surface area contributed by atoms with Crippen LogP contribution in [0.3, 0.4) is 0 Å². The summed E-state index contributed by atoms with van der Waals surface area (Å²) in [5, 5.41) is 0. The van der Waals surface area contributed by atoms with Crippen LogP contribution in [-0.4, -0.2) is 117 Å². The van der Waals surface area contributed by atoms with Crippen LogP contribution >= 0.6 is 0 Å². The highest BCUT2D eigenvalue weighted by Crippen LogP contribution is 2.27. The van der Waals surface area contributed by atoms with Crippen LogP contribution in [0.1, 0.15) is 227 Å². The van der Waals surface area contributed by atoms with Crippen LogP contribution in [0.4, 0.5) is 10.5 Å². The van der Waals surface area contributed by atoms with Crippen LogP contribution in [-0.2, 0) is 57.2 Å². The molecule has 2 atom stereocenters. The Labute approximate surface area is 457 Å². The van der Waals surface area contributed by atoms with Crippen molar-refractivity contribution in [3.05, 3.63) is 24.5 Å². The molecule has 434 valence electrons. The van der Waals surface area contributed by atoms with Crippen LogP contribution in [0.2, 0.25) is 0 Å². The molecule has 0 radical (unpaired) electrons. The van der Waals surface area contributed by atoms with Crippen molar-refractivity contribution in [1.82, 2.24) is 9.88 Å². The normalized spacial score (nSPS) is 14.2. The number of amides is 1. The molecule has 0 spiro atoms. The van der Waals surface area contributed by atoms with E-state index in [1.54, 1.807) is 12.4 Å². The molecule has 16 nitrogen and oxygen atoms in total. The number of hydrogen-bond donors (Lipinski definition) is 0. The van der Waals surface area contributed by atoms with Gasteiger partial charge in [-0.1, -0.05) is 156 Å². The number of pyridine rings is 1. The van der Waals surface area contributed by atoms with Crippen LogP contribution in [0.5, 0.6) is 0 Å². The Morgan fingerprint density at radius 2 is 0.895 bits per heavy atom.